The molecule has 0 radical (unpaired) electrons. The van der Waals surface area contributed by atoms with Gasteiger partial charge in [0.1, 0.15) is 0 Å². The van der Waals surface area contributed by atoms with E-state index in [9.17, 15) is 4.79 Å². The van der Waals surface area contributed by atoms with E-state index in [4.69, 9.17) is 11.6 Å². The Balaban J connectivity index is 1.81. The third-order valence-corrected chi connectivity index (χ3v) is 4.41. The van der Waals surface area contributed by atoms with Crippen LogP contribution in [0.3, 0.4) is 0 Å². The van der Waals surface area contributed by atoms with E-state index in [1.54, 1.807) is 0 Å². The monoisotopic (exact) mass is 336 g/mol. The van der Waals surface area contributed by atoms with Gasteiger partial charge in [-0.2, -0.15) is 0 Å². The number of hydrogen-bond acceptors (Lipinski definition) is 3. The average Bonchev–Trinajstić information content (AvgIpc) is 2.96. The standard InChI is InChI=1S/C17H21ClN2OS/c1-2-3-4-5-6-7-16(21)20-17-19-15(12-22-17)13-8-10-14(18)11-9-13/h8-12H,2-7H2,1H3,(H,19,20,21). The van der Waals surface area contributed by atoms with Gasteiger partial charge in [0, 0.05) is 22.4 Å². The first kappa shape index (κ1) is 17.0. The highest BCUT2D eigenvalue weighted by Crippen LogP contribution is 2.26. The summed E-state index contributed by atoms with van der Waals surface area (Å²) in [6.45, 7) is 2.19. The summed E-state index contributed by atoms with van der Waals surface area (Å²) in [5.74, 6) is 0.0495. The minimum absolute atomic E-state index is 0.0495. The molecule has 5 heteroatoms. The van der Waals surface area contributed by atoms with Crippen LogP contribution in [0.4, 0.5) is 5.13 Å². The number of amides is 1. The Labute approximate surface area is 140 Å². The minimum atomic E-state index is 0.0495. The van der Waals surface area contributed by atoms with E-state index in [0.717, 1.165) is 24.1 Å². The summed E-state index contributed by atoms with van der Waals surface area (Å²) in [4.78, 5) is 16.3. The lowest BCUT2D eigenvalue weighted by Crippen LogP contribution is -2.10. The summed E-state index contributed by atoms with van der Waals surface area (Å²) in [5.41, 5.74) is 1.86. The number of unbranched alkanes of at least 4 members (excludes halogenated alkanes) is 4. The van der Waals surface area contributed by atoms with Crippen LogP contribution in [0, 0.1) is 0 Å². The second-order valence-electron chi connectivity index (χ2n) is 5.26. The van der Waals surface area contributed by atoms with Crippen LogP contribution < -0.4 is 5.32 Å². The molecule has 0 fully saturated rings. The number of carbonyl (C=O) groups excluding carboxylic acids is 1. The van der Waals surface area contributed by atoms with E-state index in [1.807, 2.05) is 29.6 Å². The van der Waals surface area contributed by atoms with Crippen molar-refractivity contribution in [2.45, 2.75) is 45.4 Å². The molecular formula is C17H21ClN2OS. The number of hydrogen-bond donors (Lipinski definition) is 1. The molecule has 0 atom stereocenters. The number of nitrogens with zero attached hydrogens (tertiary/aromatic N) is 1. The molecule has 0 unspecified atom stereocenters. The van der Waals surface area contributed by atoms with Crippen LogP contribution in [-0.4, -0.2) is 10.9 Å². The van der Waals surface area contributed by atoms with Crippen LogP contribution in [0.15, 0.2) is 29.6 Å². The zero-order chi connectivity index (χ0) is 15.8. The van der Waals surface area contributed by atoms with Crippen LogP contribution in [0.1, 0.15) is 45.4 Å². The quantitative estimate of drug-likeness (QED) is 0.622. The van der Waals surface area contributed by atoms with Gasteiger partial charge in [-0.15, -0.1) is 11.3 Å². The van der Waals surface area contributed by atoms with Gasteiger partial charge in [-0.3, -0.25) is 4.79 Å². The molecular weight excluding hydrogens is 316 g/mol. The highest BCUT2D eigenvalue weighted by Gasteiger charge is 2.08. The molecule has 0 saturated carbocycles. The molecule has 1 aromatic carbocycles. The summed E-state index contributed by atoms with van der Waals surface area (Å²) >= 11 is 7.33. The first-order chi connectivity index (χ1) is 10.7. The maximum absolute atomic E-state index is 11.9. The topological polar surface area (TPSA) is 42.0 Å². The van der Waals surface area contributed by atoms with Gasteiger partial charge < -0.3 is 5.32 Å². The number of halogens is 1. The normalized spacial score (nSPS) is 10.6. The Bertz CT molecular complexity index is 595. The lowest BCUT2D eigenvalue weighted by atomic mass is 10.1. The van der Waals surface area contributed by atoms with Gasteiger partial charge >= 0.3 is 0 Å². The van der Waals surface area contributed by atoms with Crippen LogP contribution in [-0.2, 0) is 4.79 Å². The second-order valence-corrected chi connectivity index (χ2v) is 6.55. The summed E-state index contributed by atoms with van der Waals surface area (Å²) in [6, 6.07) is 7.53. The van der Waals surface area contributed by atoms with Crippen molar-refractivity contribution in [2.24, 2.45) is 0 Å². The van der Waals surface area contributed by atoms with Crippen molar-refractivity contribution in [2.75, 3.05) is 5.32 Å². The Morgan fingerprint density at radius 1 is 1.18 bits per heavy atom. The highest BCUT2D eigenvalue weighted by atomic mass is 35.5. The third-order valence-electron chi connectivity index (χ3n) is 3.40. The van der Waals surface area contributed by atoms with Gasteiger partial charge in [0.05, 0.1) is 5.69 Å². The van der Waals surface area contributed by atoms with Crippen molar-refractivity contribution in [3.05, 3.63) is 34.7 Å². The number of carbonyl (C=O) groups is 1. The summed E-state index contributed by atoms with van der Waals surface area (Å²) in [7, 11) is 0. The number of nitrogens with one attached hydrogen (secondary N) is 1. The first-order valence-electron chi connectivity index (χ1n) is 7.70. The number of aromatic nitrogens is 1. The molecule has 0 bridgehead atoms. The molecule has 2 rings (SSSR count). The van der Waals surface area contributed by atoms with Crippen LogP contribution >= 0.6 is 22.9 Å². The van der Waals surface area contributed by atoms with E-state index in [1.165, 1.54) is 30.6 Å². The Morgan fingerprint density at radius 3 is 2.64 bits per heavy atom. The van der Waals surface area contributed by atoms with E-state index in [2.05, 4.69) is 17.2 Å². The summed E-state index contributed by atoms with van der Waals surface area (Å²) < 4.78 is 0. The predicted molar refractivity (Wildman–Crippen MR) is 94.6 cm³/mol. The molecule has 1 N–H and O–H groups in total. The summed E-state index contributed by atoms with van der Waals surface area (Å²) in [5, 5.41) is 6.18. The maximum atomic E-state index is 11.9. The van der Waals surface area contributed by atoms with E-state index >= 15 is 0 Å². The molecule has 2 aromatic rings. The van der Waals surface area contributed by atoms with Gasteiger partial charge in [-0.05, 0) is 18.6 Å². The van der Waals surface area contributed by atoms with Gasteiger partial charge in [0.25, 0.3) is 0 Å². The van der Waals surface area contributed by atoms with Gasteiger partial charge in [0.2, 0.25) is 5.91 Å². The van der Waals surface area contributed by atoms with Gasteiger partial charge in [-0.25, -0.2) is 4.98 Å². The number of benzene rings is 1. The first-order valence-corrected chi connectivity index (χ1v) is 8.96. The van der Waals surface area contributed by atoms with Crippen molar-refractivity contribution in [1.29, 1.82) is 0 Å². The fourth-order valence-corrected chi connectivity index (χ4v) is 3.02. The highest BCUT2D eigenvalue weighted by molar-refractivity contribution is 7.14. The molecule has 3 nitrogen and oxygen atoms in total. The Morgan fingerprint density at radius 2 is 1.91 bits per heavy atom. The van der Waals surface area contributed by atoms with Crippen LogP contribution in [0.25, 0.3) is 11.3 Å². The molecule has 1 heterocycles. The SMILES string of the molecule is CCCCCCCC(=O)Nc1nc(-c2ccc(Cl)cc2)cs1. The van der Waals surface area contributed by atoms with Crippen molar-refractivity contribution < 1.29 is 4.79 Å². The zero-order valence-electron chi connectivity index (χ0n) is 12.8. The van der Waals surface area contributed by atoms with Crippen molar-refractivity contribution in [3.8, 4) is 11.3 Å². The van der Waals surface area contributed by atoms with Crippen LogP contribution in [0.2, 0.25) is 5.02 Å². The lowest BCUT2D eigenvalue weighted by Gasteiger charge is -2.02. The minimum Gasteiger partial charge on any atom is -0.302 e. The number of rotatable bonds is 8. The fraction of sp³-hybridized carbons (Fsp3) is 0.412. The van der Waals surface area contributed by atoms with E-state index < -0.39 is 0 Å². The van der Waals surface area contributed by atoms with Crippen LogP contribution in [0.5, 0.6) is 0 Å². The Hall–Kier alpha value is -1.39. The fourth-order valence-electron chi connectivity index (χ4n) is 2.16. The molecule has 118 valence electrons. The van der Waals surface area contributed by atoms with Crippen molar-refractivity contribution >= 4 is 34.0 Å². The van der Waals surface area contributed by atoms with Gasteiger partial charge in [0.15, 0.2) is 5.13 Å². The van der Waals surface area contributed by atoms with Crippen molar-refractivity contribution in [1.82, 2.24) is 4.98 Å². The molecule has 0 aliphatic rings. The maximum Gasteiger partial charge on any atom is 0.226 e. The smallest absolute Gasteiger partial charge is 0.226 e. The predicted octanol–water partition coefficient (Wildman–Crippen LogP) is 5.76. The van der Waals surface area contributed by atoms with Gasteiger partial charge in [-0.1, -0.05) is 56.3 Å². The molecule has 1 aromatic heterocycles. The summed E-state index contributed by atoms with van der Waals surface area (Å²) in [6.07, 6.45) is 6.31. The van der Waals surface area contributed by atoms with E-state index in [-0.39, 0.29) is 5.91 Å². The lowest BCUT2D eigenvalue weighted by molar-refractivity contribution is -0.116. The molecule has 0 aliphatic heterocycles. The third kappa shape index (κ3) is 5.43. The second kappa shape index (κ2) is 8.91. The number of anilines is 1. The van der Waals surface area contributed by atoms with E-state index in [0.29, 0.717) is 16.6 Å². The molecule has 0 saturated heterocycles. The largest absolute Gasteiger partial charge is 0.302 e. The molecule has 1 amide bonds. The molecule has 0 spiro atoms. The average molecular weight is 337 g/mol. The molecule has 22 heavy (non-hydrogen) atoms. The van der Waals surface area contributed by atoms with Crippen molar-refractivity contribution in [3.63, 3.8) is 0 Å². The Kier molecular flexibility index (Phi) is 6.87. The zero-order valence-corrected chi connectivity index (χ0v) is 14.3. The number of thiazole rings is 1. The molecule has 0 aliphatic carbocycles.